The molecule has 1 unspecified atom stereocenters. The van der Waals surface area contributed by atoms with E-state index in [4.69, 9.17) is 5.26 Å². The van der Waals surface area contributed by atoms with Gasteiger partial charge in [0.25, 0.3) is 0 Å². The van der Waals surface area contributed by atoms with Gasteiger partial charge in [-0.25, -0.2) is 0 Å². The fourth-order valence-electron chi connectivity index (χ4n) is 1.60. The minimum atomic E-state index is -0.706. The van der Waals surface area contributed by atoms with Crippen molar-refractivity contribution in [2.75, 3.05) is 5.32 Å². The normalized spacial score (nSPS) is 11.5. The van der Waals surface area contributed by atoms with Crippen LogP contribution in [0.3, 0.4) is 0 Å². The minimum absolute atomic E-state index is 0.317. The van der Waals surface area contributed by atoms with Crippen LogP contribution >= 0.6 is 0 Å². The highest BCUT2D eigenvalue weighted by Crippen LogP contribution is 2.11. The highest BCUT2D eigenvalue weighted by molar-refractivity contribution is 5.94. The Bertz CT molecular complexity index is 542. The number of H-pyrrole nitrogens is 1. The van der Waals surface area contributed by atoms with Crippen LogP contribution in [-0.4, -0.2) is 16.1 Å². The fraction of sp³-hybridized carbons (Fsp3) is 0.154. The monoisotopic (exact) mass is 240 g/mol. The van der Waals surface area contributed by atoms with E-state index < -0.39 is 5.92 Å². The molecule has 5 nitrogen and oxygen atoms in total. The van der Waals surface area contributed by atoms with Gasteiger partial charge >= 0.3 is 0 Å². The molecule has 5 heteroatoms. The Morgan fingerprint density at radius 1 is 1.44 bits per heavy atom. The molecule has 0 saturated heterocycles. The summed E-state index contributed by atoms with van der Waals surface area (Å²) in [5.41, 5.74) is 1.53. The maximum Gasteiger partial charge on any atom is 0.242 e. The van der Waals surface area contributed by atoms with Crippen molar-refractivity contribution in [2.45, 2.75) is 6.42 Å². The molecule has 1 heterocycles. The van der Waals surface area contributed by atoms with Gasteiger partial charge in [0.2, 0.25) is 5.91 Å². The molecule has 0 aliphatic carbocycles. The minimum Gasteiger partial charge on any atom is -0.322 e. The van der Waals surface area contributed by atoms with Crippen LogP contribution in [0.15, 0.2) is 42.7 Å². The first-order valence-corrected chi connectivity index (χ1v) is 5.53. The summed E-state index contributed by atoms with van der Waals surface area (Å²) in [4.78, 5) is 11.9. The summed E-state index contributed by atoms with van der Waals surface area (Å²) in [5, 5.41) is 18.0. The lowest BCUT2D eigenvalue weighted by atomic mass is 10.00. The first-order valence-electron chi connectivity index (χ1n) is 5.53. The molecule has 1 amide bonds. The number of amides is 1. The van der Waals surface area contributed by atoms with E-state index in [0.717, 1.165) is 5.56 Å². The van der Waals surface area contributed by atoms with Crippen LogP contribution in [0.2, 0.25) is 0 Å². The first-order chi connectivity index (χ1) is 8.79. The molecule has 1 aromatic heterocycles. The largest absolute Gasteiger partial charge is 0.322 e. The maximum atomic E-state index is 11.9. The number of rotatable bonds is 4. The lowest BCUT2D eigenvalue weighted by Gasteiger charge is -2.08. The first kappa shape index (κ1) is 11.9. The number of aromatic nitrogens is 2. The van der Waals surface area contributed by atoms with Gasteiger partial charge in [-0.2, -0.15) is 10.4 Å². The van der Waals surface area contributed by atoms with Gasteiger partial charge in [0, 0.05) is 6.20 Å². The number of nitrogens with one attached hydrogen (secondary N) is 2. The SMILES string of the molecule is N#CC(Cc1ccccc1)C(=O)Nc1cn[nH]c1. The topological polar surface area (TPSA) is 81.6 Å². The molecule has 0 fully saturated rings. The van der Waals surface area contributed by atoms with E-state index in [2.05, 4.69) is 15.5 Å². The number of anilines is 1. The number of hydrogen-bond donors (Lipinski definition) is 2. The molecular weight excluding hydrogens is 228 g/mol. The van der Waals surface area contributed by atoms with Crippen LogP contribution in [0, 0.1) is 17.2 Å². The second-order valence-electron chi connectivity index (χ2n) is 3.85. The maximum absolute atomic E-state index is 11.9. The molecule has 0 aliphatic rings. The van der Waals surface area contributed by atoms with Crippen LogP contribution in [0.25, 0.3) is 0 Å². The number of benzene rings is 1. The van der Waals surface area contributed by atoms with Crippen molar-refractivity contribution in [1.29, 1.82) is 5.26 Å². The summed E-state index contributed by atoms with van der Waals surface area (Å²) in [6, 6.07) is 11.5. The van der Waals surface area contributed by atoms with Gasteiger partial charge in [-0.1, -0.05) is 30.3 Å². The van der Waals surface area contributed by atoms with Crippen molar-refractivity contribution in [3.8, 4) is 6.07 Å². The third-order valence-electron chi connectivity index (χ3n) is 2.52. The molecule has 0 aliphatic heterocycles. The summed E-state index contributed by atoms with van der Waals surface area (Å²) < 4.78 is 0. The molecular formula is C13H12N4O. The van der Waals surface area contributed by atoms with E-state index >= 15 is 0 Å². The Kier molecular flexibility index (Phi) is 3.72. The van der Waals surface area contributed by atoms with E-state index in [-0.39, 0.29) is 5.91 Å². The molecule has 1 aromatic carbocycles. The van der Waals surface area contributed by atoms with Crippen molar-refractivity contribution in [1.82, 2.24) is 10.2 Å². The van der Waals surface area contributed by atoms with Gasteiger partial charge in [0.1, 0.15) is 5.92 Å². The molecule has 2 rings (SSSR count). The second kappa shape index (κ2) is 5.64. The van der Waals surface area contributed by atoms with Crippen LogP contribution < -0.4 is 5.32 Å². The third-order valence-corrected chi connectivity index (χ3v) is 2.52. The Labute approximate surface area is 104 Å². The van der Waals surface area contributed by atoms with Crippen LogP contribution in [0.5, 0.6) is 0 Å². The second-order valence-corrected chi connectivity index (χ2v) is 3.85. The van der Waals surface area contributed by atoms with E-state index in [0.29, 0.717) is 12.1 Å². The van der Waals surface area contributed by atoms with E-state index in [1.165, 1.54) is 6.20 Å². The highest BCUT2D eigenvalue weighted by Gasteiger charge is 2.18. The molecule has 0 saturated carbocycles. The molecule has 18 heavy (non-hydrogen) atoms. The molecule has 0 radical (unpaired) electrons. The number of nitrogens with zero attached hydrogens (tertiary/aromatic N) is 2. The van der Waals surface area contributed by atoms with Crippen LogP contribution in [-0.2, 0) is 11.2 Å². The predicted molar refractivity (Wildman–Crippen MR) is 66.5 cm³/mol. The number of carbonyl (C=O) groups is 1. The molecule has 1 atom stereocenters. The molecule has 2 aromatic rings. The number of nitriles is 1. The van der Waals surface area contributed by atoms with Gasteiger partial charge < -0.3 is 5.32 Å². The fourth-order valence-corrected chi connectivity index (χ4v) is 1.60. The molecule has 0 spiro atoms. The van der Waals surface area contributed by atoms with Crippen molar-refractivity contribution < 1.29 is 4.79 Å². The van der Waals surface area contributed by atoms with Gasteiger partial charge in [-0.15, -0.1) is 0 Å². The van der Waals surface area contributed by atoms with E-state index in [9.17, 15) is 4.79 Å². The summed E-state index contributed by atoms with van der Waals surface area (Å²) in [5.74, 6) is -1.02. The average molecular weight is 240 g/mol. The van der Waals surface area contributed by atoms with Gasteiger partial charge in [0.15, 0.2) is 0 Å². The number of hydrogen-bond acceptors (Lipinski definition) is 3. The highest BCUT2D eigenvalue weighted by atomic mass is 16.1. The van der Waals surface area contributed by atoms with Crippen LogP contribution in [0.1, 0.15) is 5.56 Å². The summed E-state index contributed by atoms with van der Waals surface area (Å²) in [6.07, 6.45) is 3.46. The Morgan fingerprint density at radius 3 is 2.83 bits per heavy atom. The number of carbonyl (C=O) groups excluding carboxylic acids is 1. The third kappa shape index (κ3) is 2.95. The van der Waals surface area contributed by atoms with Crippen LogP contribution in [0.4, 0.5) is 5.69 Å². The van der Waals surface area contributed by atoms with E-state index in [1.54, 1.807) is 6.20 Å². The standard InChI is InChI=1S/C13H12N4O/c14-7-11(6-10-4-2-1-3-5-10)13(18)17-12-8-15-16-9-12/h1-5,8-9,11H,6H2,(H,15,16)(H,17,18). The quantitative estimate of drug-likeness (QED) is 0.853. The lowest BCUT2D eigenvalue weighted by Crippen LogP contribution is -2.23. The smallest absolute Gasteiger partial charge is 0.242 e. The zero-order chi connectivity index (χ0) is 12.8. The van der Waals surface area contributed by atoms with Gasteiger partial charge in [0.05, 0.1) is 18.0 Å². The predicted octanol–water partition coefficient (Wildman–Crippen LogP) is 1.73. The van der Waals surface area contributed by atoms with Gasteiger partial charge in [-0.05, 0) is 12.0 Å². The summed E-state index contributed by atoms with van der Waals surface area (Å²) >= 11 is 0. The summed E-state index contributed by atoms with van der Waals surface area (Å²) in [6.45, 7) is 0. The van der Waals surface area contributed by atoms with Crippen molar-refractivity contribution in [3.63, 3.8) is 0 Å². The van der Waals surface area contributed by atoms with Crippen molar-refractivity contribution in [2.24, 2.45) is 5.92 Å². The Morgan fingerprint density at radius 2 is 2.22 bits per heavy atom. The zero-order valence-corrected chi connectivity index (χ0v) is 9.63. The van der Waals surface area contributed by atoms with Crippen molar-refractivity contribution >= 4 is 11.6 Å². The molecule has 0 bridgehead atoms. The van der Waals surface area contributed by atoms with E-state index in [1.807, 2.05) is 36.4 Å². The average Bonchev–Trinajstić information content (AvgIpc) is 2.90. The van der Waals surface area contributed by atoms with Crippen molar-refractivity contribution in [3.05, 3.63) is 48.3 Å². The Hall–Kier alpha value is -2.61. The summed E-state index contributed by atoms with van der Waals surface area (Å²) in [7, 11) is 0. The number of aromatic amines is 1. The lowest BCUT2D eigenvalue weighted by molar-refractivity contribution is -0.118. The molecule has 90 valence electrons. The molecule has 2 N–H and O–H groups in total. The Balaban J connectivity index is 2.01. The zero-order valence-electron chi connectivity index (χ0n) is 9.63. The van der Waals surface area contributed by atoms with Gasteiger partial charge in [-0.3, -0.25) is 9.89 Å².